The molecule has 0 aromatic rings. The normalized spacial score (nSPS) is 18.4. The van der Waals surface area contributed by atoms with Gasteiger partial charge in [0.25, 0.3) is 0 Å². The van der Waals surface area contributed by atoms with E-state index in [2.05, 4.69) is 31.1 Å². The molecule has 0 aliphatic carbocycles. The number of hydrogen-bond acceptors (Lipinski definition) is 3. The molecule has 2 amide bonds. The van der Waals surface area contributed by atoms with Gasteiger partial charge in [-0.2, -0.15) is 0 Å². The van der Waals surface area contributed by atoms with Gasteiger partial charge in [-0.05, 0) is 33.2 Å². The quantitative estimate of drug-likeness (QED) is 0.802. The fraction of sp³-hybridized carbons (Fsp3) is 0.933. The first kappa shape index (κ1) is 17.2. The van der Waals surface area contributed by atoms with Crippen LogP contribution in [0.5, 0.6) is 0 Å². The van der Waals surface area contributed by atoms with Gasteiger partial charge in [0.1, 0.15) is 0 Å². The van der Waals surface area contributed by atoms with Gasteiger partial charge in [0.15, 0.2) is 0 Å². The minimum Gasteiger partial charge on any atom is -0.331 e. The highest BCUT2D eigenvalue weighted by molar-refractivity contribution is 5.73. The molecular formula is C15H32N4O. The number of likely N-dealkylation sites (N-methyl/N-ethyl adjacent to an activating group) is 1. The van der Waals surface area contributed by atoms with Gasteiger partial charge in [0.05, 0.1) is 0 Å². The molecule has 20 heavy (non-hydrogen) atoms. The predicted octanol–water partition coefficient (Wildman–Crippen LogP) is 1.45. The second-order valence-corrected chi connectivity index (χ2v) is 6.13. The molecule has 1 aliphatic heterocycles. The Hall–Kier alpha value is -0.810. The molecule has 0 spiro atoms. The number of hydrogen-bond donors (Lipinski definition) is 1. The van der Waals surface area contributed by atoms with E-state index in [1.54, 1.807) is 4.90 Å². The summed E-state index contributed by atoms with van der Waals surface area (Å²) in [5, 5.41) is 3.63. The molecule has 1 unspecified atom stereocenters. The predicted molar refractivity (Wildman–Crippen MR) is 84.1 cm³/mol. The molecule has 0 aromatic heterocycles. The van der Waals surface area contributed by atoms with Crippen LogP contribution in [-0.4, -0.2) is 80.1 Å². The Kier molecular flexibility index (Phi) is 7.30. The van der Waals surface area contributed by atoms with E-state index in [9.17, 15) is 4.79 Å². The second-order valence-electron chi connectivity index (χ2n) is 6.13. The zero-order chi connectivity index (χ0) is 15.1. The van der Waals surface area contributed by atoms with E-state index in [4.69, 9.17) is 0 Å². The van der Waals surface area contributed by atoms with Crippen LogP contribution in [0.25, 0.3) is 0 Å². The van der Waals surface area contributed by atoms with Crippen molar-refractivity contribution in [2.24, 2.45) is 0 Å². The van der Waals surface area contributed by atoms with Gasteiger partial charge in [-0.1, -0.05) is 6.92 Å². The van der Waals surface area contributed by atoms with E-state index in [1.165, 1.54) is 6.42 Å². The number of nitrogens with zero attached hydrogens (tertiary/aromatic N) is 3. The van der Waals surface area contributed by atoms with Crippen LogP contribution in [0.3, 0.4) is 0 Å². The lowest BCUT2D eigenvalue weighted by Crippen LogP contribution is -2.49. The van der Waals surface area contributed by atoms with Crippen molar-refractivity contribution in [1.29, 1.82) is 0 Å². The summed E-state index contributed by atoms with van der Waals surface area (Å²) in [4.78, 5) is 17.9. The van der Waals surface area contributed by atoms with Crippen molar-refractivity contribution < 1.29 is 4.79 Å². The molecule has 118 valence electrons. The Labute approximate surface area is 124 Å². The van der Waals surface area contributed by atoms with Crippen molar-refractivity contribution in [3.63, 3.8) is 0 Å². The summed E-state index contributed by atoms with van der Waals surface area (Å²) in [6.07, 6.45) is 3.32. The summed E-state index contributed by atoms with van der Waals surface area (Å²) < 4.78 is 0. The van der Waals surface area contributed by atoms with Crippen LogP contribution in [0.15, 0.2) is 0 Å². The molecule has 5 heteroatoms. The fourth-order valence-electron chi connectivity index (χ4n) is 2.53. The Morgan fingerprint density at radius 2 is 1.90 bits per heavy atom. The lowest BCUT2D eigenvalue weighted by atomic mass is 10.1. The van der Waals surface area contributed by atoms with Crippen molar-refractivity contribution in [1.82, 2.24) is 20.0 Å². The molecule has 5 nitrogen and oxygen atoms in total. The summed E-state index contributed by atoms with van der Waals surface area (Å²) in [5.41, 5.74) is 0. The van der Waals surface area contributed by atoms with Crippen LogP contribution >= 0.6 is 0 Å². The lowest BCUT2D eigenvalue weighted by molar-refractivity contribution is 0.151. The second kappa shape index (κ2) is 8.47. The molecule has 1 saturated heterocycles. The lowest BCUT2D eigenvalue weighted by Gasteiger charge is -2.34. The number of piperidine rings is 1. The summed E-state index contributed by atoms with van der Waals surface area (Å²) in [7, 11) is 5.82. The SMILES string of the molecule is CCC(C)N(C)CCNC1CCN(C(=O)N(C)C)CC1. The van der Waals surface area contributed by atoms with Crippen molar-refractivity contribution >= 4 is 6.03 Å². The Morgan fingerprint density at radius 3 is 2.40 bits per heavy atom. The molecular weight excluding hydrogens is 252 g/mol. The molecule has 1 heterocycles. The van der Waals surface area contributed by atoms with Gasteiger partial charge < -0.3 is 20.0 Å². The highest BCUT2D eigenvalue weighted by Gasteiger charge is 2.23. The number of urea groups is 1. The van der Waals surface area contributed by atoms with Crippen LogP contribution in [0, 0.1) is 0 Å². The van der Waals surface area contributed by atoms with Gasteiger partial charge in [0.2, 0.25) is 0 Å². The maximum absolute atomic E-state index is 11.8. The summed E-state index contributed by atoms with van der Waals surface area (Å²) in [6.45, 7) is 8.36. The monoisotopic (exact) mass is 284 g/mol. The Bertz CT molecular complexity index is 288. The summed E-state index contributed by atoms with van der Waals surface area (Å²) in [6, 6.07) is 1.35. The fourth-order valence-corrected chi connectivity index (χ4v) is 2.53. The zero-order valence-electron chi connectivity index (χ0n) is 13.9. The minimum atomic E-state index is 0.139. The molecule has 0 saturated carbocycles. The zero-order valence-corrected chi connectivity index (χ0v) is 13.9. The first-order chi connectivity index (χ1) is 9.45. The van der Waals surface area contributed by atoms with Crippen LogP contribution < -0.4 is 5.32 Å². The number of carbonyl (C=O) groups is 1. The van der Waals surface area contributed by atoms with Gasteiger partial charge >= 0.3 is 6.03 Å². The van der Waals surface area contributed by atoms with Gasteiger partial charge in [0, 0.05) is 52.4 Å². The van der Waals surface area contributed by atoms with Gasteiger partial charge in [-0.25, -0.2) is 4.79 Å². The molecule has 1 N–H and O–H groups in total. The third-order valence-corrected chi connectivity index (χ3v) is 4.39. The van der Waals surface area contributed by atoms with Crippen molar-refractivity contribution in [3.8, 4) is 0 Å². The molecule has 1 rings (SSSR count). The van der Waals surface area contributed by atoms with E-state index in [-0.39, 0.29) is 6.03 Å². The maximum atomic E-state index is 11.8. The highest BCUT2D eigenvalue weighted by Crippen LogP contribution is 2.11. The first-order valence-corrected chi connectivity index (χ1v) is 7.85. The van der Waals surface area contributed by atoms with Crippen molar-refractivity contribution in [2.75, 3.05) is 47.3 Å². The molecule has 0 radical (unpaired) electrons. The standard InChI is InChI=1S/C15H32N4O/c1-6-13(2)18(5)12-9-16-14-7-10-19(11-8-14)15(20)17(3)4/h13-14,16H,6-12H2,1-5H3. The number of rotatable bonds is 6. The van der Waals surface area contributed by atoms with E-state index >= 15 is 0 Å². The van der Waals surface area contributed by atoms with Crippen molar-refractivity contribution in [2.45, 2.75) is 45.2 Å². The number of amides is 2. The van der Waals surface area contributed by atoms with Gasteiger partial charge in [-0.15, -0.1) is 0 Å². The molecule has 0 aromatic carbocycles. The molecule has 1 atom stereocenters. The highest BCUT2D eigenvalue weighted by atomic mass is 16.2. The smallest absolute Gasteiger partial charge is 0.319 e. The third-order valence-electron chi connectivity index (χ3n) is 4.39. The van der Waals surface area contributed by atoms with Crippen LogP contribution in [0.2, 0.25) is 0 Å². The average Bonchev–Trinajstić information content (AvgIpc) is 2.46. The number of carbonyl (C=O) groups excluding carboxylic acids is 1. The minimum absolute atomic E-state index is 0.139. The molecule has 0 bridgehead atoms. The average molecular weight is 284 g/mol. The van der Waals surface area contributed by atoms with E-state index in [0.29, 0.717) is 12.1 Å². The van der Waals surface area contributed by atoms with Gasteiger partial charge in [-0.3, -0.25) is 0 Å². The largest absolute Gasteiger partial charge is 0.331 e. The summed E-state index contributed by atoms with van der Waals surface area (Å²) >= 11 is 0. The van der Waals surface area contributed by atoms with Crippen LogP contribution in [-0.2, 0) is 0 Å². The Balaban J connectivity index is 2.18. The van der Waals surface area contributed by atoms with Crippen molar-refractivity contribution in [3.05, 3.63) is 0 Å². The van der Waals surface area contributed by atoms with E-state index in [1.807, 2.05) is 19.0 Å². The Morgan fingerprint density at radius 1 is 1.30 bits per heavy atom. The first-order valence-electron chi connectivity index (χ1n) is 7.85. The molecule has 1 fully saturated rings. The molecule has 1 aliphatic rings. The third kappa shape index (κ3) is 5.29. The van der Waals surface area contributed by atoms with Crippen LogP contribution in [0.1, 0.15) is 33.1 Å². The topological polar surface area (TPSA) is 38.8 Å². The van der Waals surface area contributed by atoms with E-state index < -0.39 is 0 Å². The van der Waals surface area contributed by atoms with E-state index in [0.717, 1.165) is 39.0 Å². The van der Waals surface area contributed by atoms with Crippen LogP contribution in [0.4, 0.5) is 4.79 Å². The number of nitrogens with one attached hydrogen (secondary N) is 1. The number of likely N-dealkylation sites (tertiary alicyclic amines) is 1. The summed E-state index contributed by atoms with van der Waals surface area (Å²) in [5.74, 6) is 0. The maximum Gasteiger partial charge on any atom is 0.319 e.